The van der Waals surface area contributed by atoms with E-state index in [2.05, 4.69) is 10.3 Å². The Hall–Kier alpha value is -2.96. The van der Waals surface area contributed by atoms with Crippen LogP contribution in [0.4, 0.5) is 9.52 Å². The van der Waals surface area contributed by atoms with Crippen LogP contribution in [0.2, 0.25) is 5.02 Å². The van der Waals surface area contributed by atoms with Crippen LogP contribution in [0.3, 0.4) is 0 Å². The molecule has 0 fully saturated rings. The van der Waals surface area contributed by atoms with Gasteiger partial charge in [-0.1, -0.05) is 23.7 Å². The quantitative estimate of drug-likeness (QED) is 0.404. The number of halogens is 2. The lowest BCUT2D eigenvalue weighted by atomic mass is 10.1. The highest BCUT2D eigenvalue weighted by molar-refractivity contribution is 7.15. The Morgan fingerprint density at radius 3 is 2.62 bits per heavy atom. The number of thiazole rings is 1. The van der Waals surface area contributed by atoms with Gasteiger partial charge in [-0.2, -0.15) is 0 Å². The number of carbonyl (C=O) groups is 1. The van der Waals surface area contributed by atoms with Gasteiger partial charge in [0, 0.05) is 28.1 Å². The summed E-state index contributed by atoms with van der Waals surface area (Å²) in [5.74, 6) is 0.574. The molecule has 7 heteroatoms. The number of aromatic nitrogens is 1. The Labute approximate surface area is 176 Å². The summed E-state index contributed by atoms with van der Waals surface area (Å²) in [6.07, 6.45) is 2.34. The zero-order valence-electron chi connectivity index (χ0n) is 15.4. The largest absolute Gasteiger partial charge is 0.461 e. The molecule has 4 nitrogen and oxygen atoms in total. The lowest BCUT2D eigenvalue weighted by molar-refractivity contribution is 0.102. The topological polar surface area (TPSA) is 55.1 Å². The van der Waals surface area contributed by atoms with Gasteiger partial charge >= 0.3 is 0 Å². The van der Waals surface area contributed by atoms with E-state index in [9.17, 15) is 9.18 Å². The van der Waals surface area contributed by atoms with Gasteiger partial charge in [-0.15, -0.1) is 11.3 Å². The molecule has 0 spiro atoms. The molecule has 0 aliphatic rings. The number of hydrogen-bond donors (Lipinski definition) is 1. The monoisotopic (exact) mass is 426 g/mol. The fraction of sp³-hybridized carbons (Fsp3) is 0.0909. The Balaban J connectivity index is 1.46. The van der Waals surface area contributed by atoms with Gasteiger partial charge < -0.3 is 4.42 Å². The molecule has 0 aliphatic heterocycles. The second kappa shape index (κ2) is 8.19. The van der Waals surface area contributed by atoms with Crippen LogP contribution in [-0.4, -0.2) is 10.9 Å². The van der Waals surface area contributed by atoms with Crippen molar-refractivity contribution < 1.29 is 13.6 Å². The summed E-state index contributed by atoms with van der Waals surface area (Å²) in [7, 11) is 0. The highest BCUT2D eigenvalue weighted by atomic mass is 35.5. The molecule has 2 heterocycles. The van der Waals surface area contributed by atoms with Crippen LogP contribution in [0.15, 0.2) is 65.2 Å². The van der Waals surface area contributed by atoms with E-state index in [-0.39, 0.29) is 11.7 Å². The number of nitrogens with one attached hydrogen (secondary N) is 1. The van der Waals surface area contributed by atoms with E-state index >= 15 is 0 Å². The minimum absolute atomic E-state index is 0.264. The standard InChI is InChI=1S/C22H16ClFN2O2S/c1-13-19(11-20(28-13)15-4-6-16(23)7-5-15)21(27)26-22-25-12-18(29-22)10-14-2-8-17(24)9-3-14/h2-9,11-12H,10H2,1H3,(H,25,26,27). The zero-order valence-corrected chi connectivity index (χ0v) is 17.0. The van der Waals surface area contributed by atoms with Gasteiger partial charge in [-0.3, -0.25) is 10.1 Å². The normalized spacial score (nSPS) is 10.9. The fourth-order valence-corrected chi connectivity index (χ4v) is 3.85. The van der Waals surface area contributed by atoms with Crippen molar-refractivity contribution in [3.05, 3.63) is 93.4 Å². The number of carbonyl (C=O) groups excluding carboxylic acids is 1. The molecule has 0 unspecified atom stereocenters. The Kier molecular flexibility index (Phi) is 5.47. The minimum atomic E-state index is -0.283. The van der Waals surface area contributed by atoms with Crippen LogP contribution in [0.1, 0.15) is 26.6 Å². The number of aryl methyl sites for hydroxylation is 1. The highest BCUT2D eigenvalue weighted by Gasteiger charge is 2.17. The molecule has 0 radical (unpaired) electrons. The van der Waals surface area contributed by atoms with Crippen LogP contribution in [0.5, 0.6) is 0 Å². The number of anilines is 1. The molecule has 1 amide bonds. The van der Waals surface area contributed by atoms with Crippen LogP contribution in [0, 0.1) is 12.7 Å². The van der Waals surface area contributed by atoms with Crippen molar-refractivity contribution in [2.45, 2.75) is 13.3 Å². The van der Waals surface area contributed by atoms with Gasteiger partial charge in [0.2, 0.25) is 0 Å². The summed E-state index contributed by atoms with van der Waals surface area (Å²) in [5.41, 5.74) is 2.27. The summed E-state index contributed by atoms with van der Waals surface area (Å²) in [4.78, 5) is 17.9. The van der Waals surface area contributed by atoms with Gasteiger partial charge in [-0.05, 0) is 55.0 Å². The van der Waals surface area contributed by atoms with E-state index in [1.807, 2.05) is 12.1 Å². The maximum atomic E-state index is 13.0. The van der Waals surface area contributed by atoms with Crippen LogP contribution in [-0.2, 0) is 6.42 Å². The van der Waals surface area contributed by atoms with Crippen LogP contribution in [0.25, 0.3) is 11.3 Å². The molecular formula is C22H16ClFN2O2S. The summed E-state index contributed by atoms with van der Waals surface area (Å²) in [6.45, 7) is 1.75. The lowest BCUT2D eigenvalue weighted by Crippen LogP contribution is -2.11. The number of nitrogens with zero attached hydrogens (tertiary/aromatic N) is 1. The number of benzene rings is 2. The molecule has 0 atom stereocenters. The third kappa shape index (κ3) is 4.55. The van der Waals surface area contributed by atoms with E-state index in [0.29, 0.717) is 33.7 Å². The van der Waals surface area contributed by atoms with Gasteiger partial charge in [0.1, 0.15) is 17.3 Å². The molecule has 0 saturated heterocycles. The maximum absolute atomic E-state index is 13.0. The molecular weight excluding hydrogens is 411 g/mol. The number of furan rings is 1. The van der Waals surface area contributed by atoms with Gasteiger partial charge in [0.05, 0.1) is 5.56 Å². The molecule has 146 valence electrons. The van der Waals surface area contributed by atoms with E-state index < -0.39 is 0 Å². The first-order valence-electron chi connectivity index (χ1n) is 8.85. The summed E-state index contributed by atoms with van der Waals surface area (Å²) in [5, 5.41) is 3.95. The van der Waals surface area contributed by atoms with Crippen molar-refractivity contribution >= 4 is 34.0 Å². The molecule has 4 aromatic rings. The summed E-state index contributed by atoms with van der Waals surface area (Å²) < 4.78 is 18.8. The highest BCUT2D eigenvalue weighted by Crippen LogP contribution is 2.28. The van der Waals surface area contributed by atoms with Crippen molar-refractivity contribution in [3.8, 4) is 11.3 Å². The van der Waals surface area contributed by atoms with Gasteiger partial charge in [0.15, 0.2) is 5.13 Å². The molecule has 2 aromatic heterocycles. The van der Waals surface area contributed by atoms with Crippen molar-refractivity contribution in [1.29, 1.82) is 0 Å². The first-order chi connectivity index (χ1) is 14.0. The first kappa shape index (κ1) is 19.4. The molecule has 1 N–H and O–H groups in total. The average molecular weight is 427 g/mol. The Morgan fingerprint density at radius 1 is 1.17 bits per heavy atom. The summed E-state index contributed by atoms with van der Waals surface area (Å²) in [6, 6.07) is 15.3. The molecule has 0 saturated carbocycles. The molecule has 0 bridgehead atoms. The SMILES string of the molecule is Cc1oc(-c2ccc(Cl)cc2)cc1C(=O)Nc1ncc(Cc2ccc(F)cc2)s1. The first-order valence-corrected chi connectivity index (χ1v) is 10.0. The van der Waals surface area contributed by atoms with Crippen molar-refractivity contribution in [1.82, 2.24) is 4.98 Å². The van der Waals surface area contributed by atoms with Gasteiger partial charge in [-0.25, -0.2) is 9.37 Å². The predicted molar refractivity (Wildman–Crippen MR) is 113 cm³/mol. The van der Waals surface area contributed by atoms with E-state index in [1.165, 1.54) is 23.5 Å². The Morgan fingerprint density at radius 2 is 1.90 bits per heavy atom. The number of hydrogen-bond acceptors (Lipinski definition) is 4. The van der Waals surface area contributed by atoms with Crippen molar-refractivity contribution in [2.75, 3.05) is 5.32 Å². The van der Waals surface area contributed by atoms with E-state index in [0.717, 1.165) is 16.0 Å². The molecule has 4 rings (SSSR count). The van der Waals surface area contributed by atoms with Crippen LogP contribution >= 0.6 is 22.9 Å². The predicted octanol–water partition coefficient (Wildman–Crippen LogP) is 6.35. The second-order valence-electron chi connectivity index (χ2n) is 6.48. The third-order valence-electron chi connectivity index (χ3n) is 4.36. The number of amides is 1. The Bertz CT molecular complexity index is 1150. The third-order valence-corrected chi connectivity index (χ3v) is 5.52. The second-order valence-corrected chi connectivity index (χ2v) is 8.03. The zero-order chi connectivity index (χ0) is 20.4. The lowest BCUT2D eigenvalue weighted by Gasteiger charge is -1.99. The van der Waals surface area contributed by atoms with Crippen LogP contribution < -0.4 is 5.32 Å². The minimum Gasteiger partial charge on any atom is -0.461 e. The van der Waals surface area contributed by atoms with Crippen molar-refractivity contribution in [3.63, 3.8) is 0 Å². The van der Waals surface area contributed by atoms with E-state index in [4.69, 9.17) is 16.0 Å². The van der Waals surface area contributed by atoms with Crippen molar-refractivity contribution in [2.24, 2.45) is 0 Å². The summed E-state index contributed by atoms with van der Waals surface area (Å²) >= 11 is 7.30. The fourth-order valence-electron chi connectivity index (χ4n) is 2.88. The maximum Gasteiger partial charge on any atom is 0.261 e. The molecule has 2 aromatic carbocycles. The van der Waals surface area contributed by atoms with Gasteiger partial charge in [0.25, 0.3) is 5.91 Å². The number of rotatable bonds is 5. The average Bonchev–Trinajstić information content (AvgIpc) is 3.30. The smallest absolute Gasteiger partial charge is 0.261 e. The molecule has 0 aliphatic carbocycles. The van der Waals surface area contributed by atoms with E-state index in [1.54, 1.807) is 43.5 Å². The molecule has 29 heavy (non-hydrogen) atoms.